The summed E-state index contributed by atoms with van der Waals surface area (Å²) >= 11 is 0. The summed E-state index contributed by atoms with van der Waals surface area (Å²) in [6.45, 7) is 6.20. The van der Waals surface area contributed by atoms with E-state index in [0.29, 0.717) is 22.9 Å². The van der Waals surface area contributed by atoms with Crippen LogP contribution < -0.4 is 10.2 Å². The van der Waals surface area contributed by atoms with Crippen LogP contribution in [0, 0.1) is 0 Å². The first-order valence-electron chi connectivity index (χ1n) is 10.7. The topological polar surface area (TPSA) is 100 Å². The molecule has 0 aliphatic carbocycles. The Hall–Kier alpha value is -3.94. The van der Waals surface area contributed by atoms with Crippen molar-refractivity contribution in [2.24, 2.45) is 0 Å². The summed E-state index contributed by atoms with van der Waals surface area (Å²) in [4.78, 5) is 27.6. The van der Waals surface area contributed by atoms with Crippen molar-refractivity contribution >= 4 is 28.7 Å². The molecule has 2 N–H and O–H groups in total. The monoisotopic (exact) mass is 447 g/mol. The van der Waals surface area contributed by atoms with Crippen LogP contribution in [0.2, 0.25) is 0 Å². The van der Waals surface area contributed by atoms with Gasteiger partial charge in [-0.05, 0) is 41.8 Å². The van der Waals surface area contributed by atoms with E-state index in [-0.39, 0.29) is 17.7 Å². The number of anilines is 2. The first-order chi connectivity index (χ1) is 15.8. The van der Waals surface area contributed by atoms with E-state index in [1.165, 1.54) is 30.0 Å². The molecule has 0 fully saturated rings. The predicted octanol–water partition coefficient (Wildman–Crippen LogP) is 5.52. The van der Waals surface area contributed by atoms with Crippen molar-refractivity contribution in [1.29, 1.82) is 0 Å². The highest BCUT2D eigenvalue weighted by atomic mass is 16.5. The summed E-state index contributed by atoms with van der Waals surface area (Å²) in [6, 6.07) is 11.2. The maximum atomic E-state index is 12.7. The summed E-state index contributed by atoms with van der Waals surface area (Å²) in [6.07, 6.45) is 6.10. The van der Waals surface area contributed by atoms with Crippen LogP contribution >= 0.6 is 0 Å². The molecule has 33 heavy (non-hydrogen) atoms. The third kappa shape index (κ3) is 6.06. The Morgan fingerprint density at radius 3 is 2.52 bits per heavy atom. The lowest BCUT2D eigenvalue weighted by Crippen LogP contribution is -2.31. The number of ether oxygens (including phenoxy) is 1. The fourth-order valence-corrected chi connectivity index (χ4v) is 3.12. The molecule has 8 nitrogen and oxygen atoms in total. The van der Waals surface area contributed by atoms with Gasteiger partial charge in [0.25, 0.3) is 0 Å². The number of urea groups is 1. The standard InChI is InChI=1S/C25H29N5O3/c1-16(2)18-7-9-19(10-8-18)30(4)25(32)29-23-14-26-22-13-12-21(27-24(22)28-23)17(3)6-11-20(31)15-33-5/h6-17,31H,1-5H3,(H,27,28,29,32)/b11-6-,20-15-. The van der Waals surface area contributed by atoms with E-state index < -0.39 is 0 Å². The van der Waals surface area contributed by atoms with Crippen LogP contribution in [0.15, 0.2) is 66.8 Å². The third-order valence-corrected chi connectivity index (χ3v) is 5.18. The molecule has 1 aromatic carbocycles. The average Bonchev–Trinajstić information content (AvgIpc) is 2.81. The Morgan fingerprint density at radius 1 is 1.12 bits per heavy atom. The number of hydrogen-bond acceptors (Lipinski definition) is 6. The van der Waals surface area contributed by atoms with Crippen LogP contribution in [0.5, 0.6) is 0 Å². The lowest BCUT2D eigenvalue weighted by molar-refractivity contribution is 0.258. The van der Waals surface area contributed by atoms with Crippen molar-refractivity contribution in [3.05, 3.63) is 78.0 Å². The molecule has 0 spiro atoms. The average molecular weight is 448 g/mol. The molecule has 0 saturated heterocycles. The van der Waals surface area contributed by atoms with Crippen LogP contribution in [0.4, 0.5) is 16.3 Å². The Bertz CT molecular complexity index is 1170. The van der Waals surface area contributed by atoms with Gasteiger partial charge in [-0.25, -0.2) is 19.7 Å². The molecular formula is C25H29N5O3. The predicted molar refractivity (Wildman–Crippen MR) is 131 cm³/mol. The lowest BCUT2D eigenvalue weighted by atomic mass is 10.0. The Kier molecular flexibility index (Phi) is 7.61. The van der Waals surface area contributed by atoms with E-state index in [1.807, 2.05) is 43.3 Å². The SMILES string of the molecule is CO/C=C(O)/C=C\C(C)c1ccc2ncc(NC(=O)N(C)c3ccc(C(C)C)cc3)nc2n1. The van der Waals surface area contributed by atoms with Crippen molar-refractivity contribution in [1.82, 2.24) is 15.0 Å². The second-order valence-electron chi connectivity index (χ2n) is 8.00. The van der Waals surface area contributed by atoms with E-state index in [9.17, 15) is 9.90 Å². The Labute approximate surface area is 193 Å². The molecule has 0 aliphatic heterocycles. The molecular weight excluding hydrogens is 418 g/mol. The molecule has 8 heteroatoms. The number of carbonyl (C=O) groups excluding carboxylic acids is 1. The van der Waals surface area contributed by atoms with E-state index in [2.05, 4.69) is 34.1 Å². The molecule has 0 radical (unpaired) electrons. The fourth-order valence-electron chi connectivity index (χ4n) is 3.12. The smallest absolute Gasteiger partial charge is 0.327 e. The van der Waals surface area contributed by atoms with Gasteiger partial charge in [0.05, 0.1) is 13.3 Å². The largest absolute Gasteiger partial charge is 0.505 e. The molecule has 0 aliphatic rings. The highest BCUT2D eigenvalue weighted by molar-refractivity contribution is 6.01. The van der Waals surface area contributed by atoms with Gasteiger partial charge in [-0.15, -0.1) is 0 Å². The molecule has 2 amide bonds. The van der Waals surface area contributed by atoms with Gasteiger partial charge in [-0.3, -0.25) is 10.2 Å². The number of methoxy groups -OCH3 is 1. The van der Waals surface area contributed by atoms with Gasteiger partial charge in [-0.2, -0.15) is 0 Å². The molecule has 1 unspecified atom stereocenters. The first kappa shape index (κ1) is 23.7. The van der Waals surface area contributed by atoms with Gasteiger partial charge in [0.2, 0.25) is 0 Å². The number of pyridine rings is 1. The van der Waals surface area contributed by atoms with Crippen LogP contribution in [-0.2, 0) is 4.74 Å². The number of allylic oxidation sites excluding steroid dienone is 2. The summed E-state index contributed by atoms with van der Waals surface area (Å²) < 4.78 is 4.77. The van der Waals surface area contributed by atoms with Gasteiger partial charge in [-0.1, -0.05) is 39.0 Å². The molecule has 0 saturated carbocycles. The number of nitrogens with zero attached hydrogens (tertiary/aromatic N) is 4. The number of amides is 2. The normalized spacial score (nSPS) is 12.8. The molecule has 1 atom stereocenters. The van der Waals surface area contributed by atoms with E-state index in [0.717, 1.165) is 11.4 Å². The minimum atomic E-state index is -0.325. The number of rotatable bonds is 7. The van der Waals surface area contributed by atoms with Gasteiger partial charge in [0.15, 0.2) is 11.5 Å². The number of nitrogens with one attached hydrogen (secondary N) is 1. The molecule has 2 aromatic heterocycles. The van der Waals surface area contributed by atoms with E-state index >= 15 is 0 Å². The minimum absolute atomic E-state index is 0.0119. The quantitative estimate of drug-likeness (QED) is 0.365. The first-order valence-corrected chi connectivity index (χ1v) is 10.7. The highest BCUT2D eigenvalue weighted by Crippen LogP contribution is 2.21. The van der Waals surface area contributed by atoms with Crippen molar-refractivity contribution in [2.75, 3.05) is 24.4 Å². The number of benzene rings is 1. The molecule has 172 valence electrons. The summed E-state index contributed by atoms with van der Waals surface area (Å²) in [5.74, 6) is 0.667. The maximum absolute atomic E-state index is 12.7. The zero-order valence-electron chi connectivity index (χ0n) is 19.5. The number of carbonyl (C=O) groups is 1. The van der Waals surface area contributed by atoms with E-state index in [1.54, 1.807) is 19.2 Å². The van der Waals surface area contributed by atoms with E-state index in [4.69, 9.17) is 4.74 Å². The highest BCUT2D eigenvalue weighted by Gasteiger charge is 2.14. The number of fused-ring (bicyclic) bond motifs is 1. The van der Waals surface area contributed by atoms with Crippen molar-refractivity contribution in [3.8, 4) is 0 Å². The Morgan fingerprint density at radius 2 is 1.85 bits per heavy atom. The van der Waals surface area contributed by atoms with Gasteiger partial charge in [0, 0.05) is 24.3 Å². The van der Waals surface area contributed by atoms with Crippen molar-refractivity contribution in [3.63, 3.8) is 0 Å². The van der Waals surface area contributed by atoms with Crippen LogP contribution in [0.1, 0.15) is 43.9 Å². The second kappa shape index (κ2) is 10.6. The zero-order valence-corrected chi connectivity index (χ0v) is 19.5. The lowest BCUT2D eigenvalue weighted by Gasteiger charge is -2.18. The van der Waals surface area contributed by atoms with Crippen LogP contribution in [-0.4, -0.2) is 40.2 Å². The Balaban J connectivity index is 1.75. The van der Waals surface area contributed by atoms with Crippen LogP contribution in [0.25, 0.3) is 11.2 Å². The van der Waals surface area contributed by atoms with Gasteiger partial charge < -0.3 is 9.84 Å². The number of hydrogen-bond donors (Lipinski definition) is 2. The molecule has 3 aromatic rings. The summed E-state index contributed by atoms with van der Waals surface area (Å²) in [5.41, 5.74) is 3.78. The maximum Gasteiger partial charge on any atom is 0.327 e. The molecule has 3 rings (SSSR count). The molecule has 0 bridgehead atoms. The zero-order chi connectivity index (χ0) is 24.0. The van der Waals surface area contributed by atoms with Crippen LogP contribution in [0.3, 0.4) is 0 Å². The second-order valence-corrected chi connectivity index (χ2v) is 8.00. The summed E-state index contributed by atoms with van der Waals surface area (Å²) in [5, 5.41) is 12.4. The minimum Gasteiger partial charge on any atom is -0.505 e. The van der Waals surface area contributed by atoms with Crippen molar-refractivity contribution < 1.29 is 14.6 Å². The third-order valence-electron chi connectivity index (χ3n) is 5.18. The number of aliphatic hydroxyl groups excluding tert-OH is 1. The number of aliphatic hydroxyl groups is 1. The van der Waals surface area contributed by atoms with Gasteiger partial charge in [0.1, 0.15) is 17.5 Å². The van der Waals surface area contributed by atoms with Crippen molar-refractivity contribution in [2.45, 2.75) is 32.6 Å². The fraction of sp³-hybridized carbons (Fsp3) is 0.280. The van der Waals surface area contributed by atoms with Gasteiger partial charge >= 0.3 is 6.03 Å². The number of aromatic nitrogens is 3. The summed E-state index contributed by atoms with van der Waals surface area (Å²) in [7, 11) is 3.17. The molecule has 2 heterocycles.